The molecule has 2 aromatic carbocycles. The van der Waals surface area contributed by atoms with E-state index >= 15 is 0 Å². The molecule has 0 radical (unpaired) electrons. The topological polar surface area (TPSA) is 35.2 Å². The van der Waals surface area contributed by atoms with E-state index in [4.69, 9.17) is 10.5 Å². The summed E-state index contributed by atoms with van der Waals surface area (Å²) in [6.07, 6.45) is 0.614. The van der Waals surface area contributed by atoms with Gasteiger partial charge in [-0.25, -0.2) is 8.78 Å². The fourth-order valence-corrected chi connectivity index (χ4v) is 1.79. The second kappa shape index (κ2) is 6.29. The number of halogens is 2. The van der Waals surface area contributed by atoms with E-state index in [9.17, 15) is 8.78 Å². The first kappa shape index (κ1) is 13.5. The molecule has 0 amide bonds. The Balaban J connectivity index is 1.86. The molecule has 0 unspecified atom stereocenters. The maximum atomic E-state index is 13.3. The predicted molar refractivity (Wildman–Crippen MR) is 70.6 cm³/mol. The van der Waals surface area contributed by atoms with Gasteiger partial charge in [0.15, 0.2) is 0 Å². The van der Waals surface area contributed by atoms with Crippen molar-refractivity contribution in [1.82, 2.24) is 0 Å². The van der Waals surface area contributed by atoms with E-state index in [0.717, 1.165) is 5.56 Å². The van der Waals surface area contributed by atoms with E-state index < -0.39 is 11.6 Å². The van der Waals surface area contributed by atoms with E-state index in [1.807, 2.05) is 24.3 Å². The quantitative estimate of drug-likeness (QED) is 0.663. The summed E-state index contributed by atoms with van der Waals surface area (Å²) in [6, 6.07) is 11.2. The number of anilines is 1. The molecular weight excluding hydrogens is 248 g/mol. The minimum atomic E-state index is -0.584. The predicted octanol–water partition coefficient (Wildman–Crippen LogP) is 3.31. The van der Waals surface area contributed by atoms with Crippen LogP contribution in [0, 0.1) is 11.6 Å². The van der Waals surface area contributed by atoms with E-state index in [-0.39, 0.29) is 12.2 Å². The minimum Gasteiger partial charge on any atom is -0.399 e. The van der Waals surface area contributed by atoms with Gasteiger partial charge in [-0.3, -0.25) is 0 Å². The van der Waals surface area contributed by atoms with Crippen LogP contribution in [0.2, 0.25) is 0 Å². The molecule has 2 rings (SSSR count). The maximum Gasteiger partial charge on any atom is 0.131 e. The molecule has 0 saturated carbocycles. The number of rotatable bonds is 5. The second-order valence-corrected chi connectivity index (χ2v) is 4.20. The average Bonchev–Trinajstić information content (AvgIpc) is 2.39. The fraction of sp³-hybridized carbons (Fsp3) is 0.200. The van der Waals surface area contributed by atoms with Crippen molar-refractivity contribution in [3.63, 3.8) is 0 Å². The number of benzene rings is 2. The van der Waals surface area contributed by atoms with Crippen LogP contribution in [0.25, 0.3) is 0 Å². The van der Waals surface area contributed by atoms with Crippen molar-refractivity contribution in [2.24, 2.45) is 0 Å². The number of hydrogen-bond donors (Lipinski definition) is 1. The molecule has 0 heterocycles. The molecule has 2 N–H and O–H groups in total. The molecule has 0 bridgehead atoms. The molecule has 0 saturated heterocycles. The fourth-order valence-electron chi connectivity index (χ4n) is 1.79. The van der Waals surface area contributed by atoms with E-state index in [2.05, 4.69) is 0 Å². The Hall–Kier alpha value is -1.94. The van der Waals surface area contributed by atoms with Gasteiger partial charge >= 0.3 is 0 Å². The van der Waals surface area contributed by atoms with Crippen molar-refractivity contribution in [3.05, 3.63) is 65.2 Å². The molecule has 4 heteroatoms. The van der Waals surface area contributed by atoms with Crippen molar-refractivity contribution in [1.29, 1.82) is 0 Å². The summed E-state index contributed by atoms with van der Waals surface area (Å²) < 4.78 is 32.0. The van der Waals surface area contributed by atoms with Crippen LogP contribution in [0.3, 0.4) is 0 Å². The third-order valence-corrected chi connectivity index (χ3v) is 2.88. The van der Waals surface area contributed by atoms with Gasteiger partial charge in [0.1, 0.15) is 11.6 Å². The largest absolute Gasteiger partial charge is 0.399 e. The summed E-state index contributed by atoms with van der Waals surface area (Å²) in [7, 11) is 0. The third-order valence-electron chi connectivity index (χ3n) is 2.88. The van der Waals surface area contributed by atoms with Gasteiger partial charge in [0.05, 0.1) is 13.2 Å². The van der Waals surface area contributed by atoms with E-state index in [1.165, 1.54) is 18.2 Å². The van der Waals surface area contributed by atoms with Crippen molar-refractivity contribution in [2.75, 3.05) is 12.3 Å². The summed E-state index contributed by atoms with van der Waals surface area (Å²) in [4.78, 5) is 0. The zero-order valence-electron chi connectivity index (χ0n) is 10.4. The van der Waals surface area contributed by atoms with E-state index in [1.54, 1.807) is 0 Å². The lowest BCUT2D eigenvalue weighted by molar-refractivity contribution is 0.119. The van der Waals surface area contributed by atoms with Crippen molar-refractivity contribution >= 4 is 5.69 Å². The SMILES string of the molecule is Nc1ccccc1CCOCc1c(F)cccc1F. The molecule has 19 heavy (non-hydrogen) atoms. The summed E-state index contributed by atoms with van der Waals surface area (Å²) in [5.41, 5.74) is 7.41. The second-order valence-electron chi connectivity index (χ2n) is 4.20. The van der Waals surface area contributed by atoms with E-state index in [0.29, 0.717) is 18.7 Å². The number of ether oxygens (including phenoxy) is 1. The van der Waals surface area contributed by atoms with Crippen LogP contribution in [0.5, 0.6) is 0 Å². The zero-order chi connectivity index (χ0) is 13.7. The summed E-state index contributed by atoms with van der Waals surface area (Å²) in [5, 5.41) is 0. The van der Waals surface area contributed by atoms with Crippen molar-refractivity contribution in [2.45, 2.75) is 13.0 Å². The standard InChI is InChI=1S/C15H15F2NO/c16-13-5-3-6-14(17)12(13)10-19-9-8-11-4-1-2-7-15(11)18/h1-7H,8-10,18H2. The number of hydrogen-bond acceptors (Lipinski definition) is 2. The Labute approximate surface area is 110 Å². The number of para-hydroxylation sites is 1. The monoisotopic (exact) mass is 263 g/mol. The zero-order valence-corrected chi connectivity index (χ0v) is 10.4. The molecule has 0 spiro atoms. The van der Waals surface area contributed by atoms with Gasteiger partial charge in [-0.1, -0.05) is 24.3 Å². The molecule has 0 atom stereocenters. The molecule has 100 valence electrons. The highest BCUT2D eigenvalue weighted by Crippen LogP contribution is 2.14. The van der Waals surface area contributed by atoms with Crippen LogP contribution in [-0.4, -0.2) is 6.61 Å². The smallest absolute Gasteiger partial charge is 0.131 e. The van der Waals surface area contributed by atoms with Crippen LogP contribution in [0.4, 0.5) is 14.5 Å². The highest BCUT2D eigenvalue weighted by molar-refractivity contribution is 5.46. The number of nitrogens with two attached hydrogens (primary N) is 1. The molecule has 0 aromatic heterocycles. The van der Waals surface area contributed by atoms with Crippen LogP contribution in [0.1, 0.15) is 11.1 Å². The summed E-state index contributed by atoms with van der Waals surface area (Å²) in [5.74, 6) is -1.17. The van der Waals surface area contributed by atoms with Gasteiger partial charge in [0, 0.05) is 11.3 Å². The Morgan fingerprint density at radius 1 is 0.947 bits per heavy atom. The average molecular weight is 263 g/mol. The van der Waals surface area contributed by atoms with Gasteiger partial charge in [0.2, 0.25) is 0 Å². The van der Waals surface area contributed by atoms with Crippen LogP contribution in [0.15, 0.2) is 42.5 Å². The summed E-state index contributed by atoms with van der Waals surface area (Å²) in [6.45, 7) is 0.285. The highest BCUT2D eigenvalue weighted by Gasteiger charge is 2.08. The Kier molecular flexibility index (Phi) is 4.47. The van der Waals surface area contributed by atoms with Gasteiger partial charge in [-0.2, -0.15) is 0 Å². The Bertz CT molecular complexity index is 537. The Morgan fingerprint density at radius 2 is 1.63 bits per heavy atom. The Morgan fingerprint density at radius 3 is 2.32 bits per heavy atom. The van der Waals surface area contributed by atoms with Crippen LogP contribution >= 0.6 is 0 Å². The molecular formula is C15H15F2NO. The molecule has 0 fully saturated rings. The summed E-state index contributed by atoms with van der Waals surface area (Å²) >= 11 is 0. The van der Waals surface area contributed by atoms with Gasteiger partial charge in [-0.15, -0.1) is 0 Å². The molecule has 0 aliphatic carbocycles. The third kappa shape index (κ3) is 3.51. The van der Waals surface area contributed by atoms with Crippen molar-refractivity contribution in [3.8, 4) is 0 Å². The molecule has 2 nitrogen and oxygen atoms in total. The first-order valence-corrected chi connectivity index (χ1v) is 6.02. The lowest BCUT2D eigenvalue weighted by atomic mass is 10.1. The van der Waals surface area contributed by atoms with Crippen LogP contribution < -0.4 is 5.73 Å². The maximum absolute atomic E-state index is 13.3. The lowest BCUT2D eigenvalue weighted by Crippen LogP contribution is -2.04. The van der Waals surface area contributed by atoms with Gasteiger partial charge in [-0.05, 0) is 30.2 Å². The molecule has 0 aliphatic rings. The first-order valence-electron chi connectivity index (χ1n) is 6.02. The lowest BCUT2D eigenvalue weighted by Gasteiger charge is -2.08. The highest BCUT2D eigenvalue weighted by atomic mass is 19.1. The normalized spacial score (nSPS) is 10.6. The van der Waals surface area contributed by atoms with Crippen LogP contribution in [-0.2, 0) is 17.8 Å². The van der Waals surface area contributed by atoms with Crippen molar-refractivity contribution < 1.29 is 13.5 Å². The minimum absolute atomic E-state index is 0.0384. The van der Waals surface area contributed by atoms with Gasteiger partial charge < -0.3 is 10.5 Å². The molecule has 2 aromatic rings. The van der Waals surface area contributed by atoms with Gasteiger partial charge in [0.25, 0.3) is 0 Å². The first-order chi connectivity index (χ1) is 9.18. The number of nitrogen functional groups attached to an aromatic ring is 1. The molecule has 0 aliphatic heterocycles.